The third-order valence-electron chi connectivity index (χ3n) is 3.02. The van der Waals surface area contributed by atoms with Gasteiger partial charge in [0.15, 0.2) is 0 Å². The molecule has 0 spiro atoms. The maximum Gasteiger partial charge on any atom is 0.0912 e. The van der Waals surface area contributed by atoms with Crippen LogP contribution in [0.2, 0.25) is 0 Å². The molecule has 0 radical (unpaired) electrons. The molecule has 1 aliphatic heterocycles. The zero-order chi connectivity index (χ0) is 8.72. The molecule has 2 rings (SSSR count). The summed E-state index contributed by atoms with van der Waals surface area (Å²) in [6.07, 6.45) is 0. The first-order valence-electron chi connectivity index (χ1n) is 4.54. The number of nitrogens with zero attached hydrogens (tertiary/aromatic N) is 1. The number of hydrogen-bond acceptors (Lipinski definition) is 3. The summed E-state index contributed by atoms with van der Waals surface area (Å²) >= 11 is 0. The summed E-state index contributed by atoms with van der Waals surface area (Å²) in [5.41, 5.74) is 0. The van der Waals surface area contributed by atoms with Gasteiger partial charge in [-0.25, -0.2) is 0 Å². The molecule has 1 aliphatic carbocycles. The molecular weight excluding hydrogens is 150 g/mol. The van der Waals surface area contributed by atoms with Crippen molar-refractivity contribution in [3.05, 3.63) is 12.4 Å². The van der Waals surface area contributed by atoms with Crippen molar-refractivity contribution < 1.29 is 0 Å². The average Bonchev–Trinajstić information content (AvgIpc) is 2.51. The van der Waals surface area contributed by atoms with Crippen molar-refractivity contribution in [2.75, 3.05) is 27.2 Å². The first-order chi connectivity index (χ1) is 5.72. The van der Waals surface area contributed by atoms with E-state index in [1.165, 1.54) is 13.1 Å². The molecule has 12 heavy (non-hydrogen) atoms. The van der Waals surface area contributed by atoms with Gasteiger partial charge in [0.05, 0.1) is 5.82 Å². The molecule has 0 unspecified atom stereocenters. The van der Waals surface area contributed by atoms with Crippen LogP contribution in [0, 0.1) is 11.8 Å². The molecule has 0 aromatic heterocycles. The first-order valence-corrected chi connectivity index (χ1v) is 4.54. The third kappa shape index (κ3) is 1.18. The zero-order valence-electron chi connectivity index (χ0n) is 7.80. The zero-order valence-corrected chi connectivity index (χ0v) is 7.80. The summed E-state index contributed by atoms with van der Waals surface area (Å²) in [6, 6.07) is 0.696. The molecule has 0 amide bonds. The summed E-state index contributed by atoms with van der Waals surface area (Å²) in [7, 11) is 4.09. The van der Waals surface area contributed by atoms with Crippen LogP contribution in [0.25, 0.3) is 0 Å². The molecule has 0 bridgehead atoms. The van der Waals surface area contributed by atoms with E-state index in [1.54, 1.807) is 0 Å². The molecule has 68 valence electrons. The minimum atomic E-state index is 0.696. The van der Waals surface area contributed by atoms with Gasteiger partial charge in [-0.3, -0.25) is 0 Å². The van der Waals surface area contributed by atoms with Crippen molar-refractivity contribution in [3.8, 4) is 0 Å². The fraction of sp³-hybridized carbons (Fsp3) is 0.778. The topological polar surface area (TPSA) is 27.3 Å². The van der Waals surface area contributed by atoms with Gasteiger partial charge in [-0.05, 0) is 18.9 Å². The Bertz CT molecular complexity index is 190. The van der Waals surface area contributed by atoms with Gasteiger partial charge in [-0.2, -0.15) is 0 Å². The molecule has 3 heteroatoms. The molecule has 1 saturated heterocycles. The summed E-state index contributed by atoms with van der Waals surface area (Å²) in [5, 5.41) is 6.41. The Morgan fingerprint density at radius 3 is 2.50 bits per heavy atom. The predicted octanol–water partition coefficient (Wildman–Crippen LogP) is -0.173. The van der Waals surface area contributed by atoms with Crippen LogP contribution >= 0.6 is 0 Å². The summed E-state index contributed by atoms with van der Waals surface area (Å²) in [6.45, 7) is 6.36. The van der Waals surface area contributed by atoms with Gasteiger partial charge < -0.3 is 15.5 Å². The maximum atomic E-state index is 3.86. The minimum absolute atomic E-state index is 0.696. The summed E-state index contributed by atoms with van der Waals surface area (Å²) in [4.78, 5) is 2.40. The van der Waals surface area contributed by atoms with Crippen molar-refractivity contribution in [2.45, 2.75) is 6.04 Å². The van der Waals surface area contributed by atoms with E-state index in [0.29, 0.717) is 6.04 Å². The Kier molecular flexibility index (Phi) is 1.76. The molecule has 2 fully saturated rings. The third-order valence-corrected chi connectivity index (χ3v) is 3.02. The van der Waals surface area contributed by atoms with E-state index in [-0.39, 0.29) is 0 Å². The molecule has 0 aromatic rings. The Hall–Kier alpha value is -0.700. The van der Waals surface area contributed by atoms with Gasteiger partial charge >= 0.3 is 0 Å². The highest BCUT2D eigenvalue weighted by atomic mass is 15.2. The normalized spacial score (nSPS) is 39.0. The number of likely N-dealkylation sites (tertiary alicyclic amines) is 1. The second-order valence-electron chi connectivity index (χ2n) is 3.95. The van der Waals surface area contributed by atoms with E-state index in [1.807, 2.05) is 7.05 Å². The smallest absolute Gasteiger partial charge is 0.0912 e. The largest absolute Gasteiger partial charge is 0.375 e. The van der Waals surface area contributed by atoms with Crippen LogP contribution in [0.5, 0.6) is 0 Å². The van der Waals surface area contributed by atoms with Gasteiger partial charge in [0, 0.05) is 26.2 Å². The molecular formula is C9H17N3. The molecule has 1 saturated carbocycles. The minimum Gasteiger partial charge on any atom is -0.375 e. The van der Waals surface area contributed by atoms with Crippen LogP contribution < -0.4 is 10.6 Å². The Balaban J connectivity index is 1.79. The highest BCUT2D eigenvalue weighted by Crippen LogP contribution is 2.44. The van der Waals surface area contributed by atoms with E-state index < -0.39 is 0 Å². The molecule has 2 aliphatic rings. The fourth-order valence-corrected chi connectivity index (χ4v) is 2.22. The number of piperidine rings is 1. The van der Waals surface area contributed by atoms with Crippen LogP contribution in [0.15, 0.2) is 12.4 Å². The SMILES string of the molecule is C=C(NC)N[C@H]1[C@@H]2CN(C)C[C@@H]21. The molecule has 1 heterocycles. The second-order valence-corrected chi connectivity index (χ2v) is 3.95. The maximum absolute atomic E-state index is 3.86. The molecule has 0 aromatic carbocycles. The van der Waals surface area contributed by atoms with E-state index in [0.717, 1.165) is 17.7 Å². The Labute approximate surface area is 73.8 Å². The van der Waals surface area contributed by atoms with Gasteiger partial charge in [-0.15, -0.1) is 0 Å². The number of nitrogens with one attached hydrogen (secondary N) is 2. The van der Waals surface area contributed by atoms with E-state index in [9.17, 15) is 0 Å². The lowest BCUT2D eigenvalue weighted by Crippen LogP contribution is -2.31. The lowest BCUT2D eigenvalue weighted by atomic mass is 10.4. The van der Waals surface area contributed by atoms with Crippen LogP contribution in [-0.2, 0) is 0 Å². The van der Waals surface area contributed by atoms with Crippen molar-refractivity contribution in [3.63, 3.8) is 0 Å². The van der Waals surface area contributed by atoms with Crippen LogP contribution in [-0.4, -0.2) is 38.1 Å². The van der Waals surface area contributed by atoms with E-state index in [2.05, 4.69) is 29.2 Å². The van der Waals surface area contributed by atoms with Crippen molar-refractivity contribution in [1.29, 1.82) is 0 Å². The molecule has 2 N–H and O–H groups in total. The lowest BCUT2D eigenvalue weighted by molar-refractivity contribution is 0.353. The van der Waals surface area contributed by atoms with E-state index >= 15 is 0 Å². The fourth-order valence-electron chi connectivity index (χ4n) is 2.22. The van der Waals surface area contributed by atoms with Gasteiger partial charge in [0.2, 0.25) is 0 Å². The quantitative estimate of drug-likeness (QED) is 0.611. The average molecular weight is 167 g/mol. The number of hydrogen-bond donors (Lipinski definition) is 2. The van der Waals surface area contributed by atoms with E-state index in [4.69, 9.17) is 0 Å². The predicted molar refractivity (Wildman–Crippen MR) is 49.6 cm³/mol. The number of fused-ring (bicyclic) bond motifs is 1. The first kappa shape index (κ1) is 7.92. The highest BCUT2D eigenvalue weighted by Gasteiger charge is 2.54. The van der Waals surface area contributed by atoms with Gasteiger partial charge in [0.25, 0.3) is 0 Å². The van der Waals surface area contributed by atoms with Crippen LogP contribution in [0.3, 0.4) is 0 Å². The number of rotatable bonds is 3. The van der Waals surface area contributed by atoms with Crippen LogP contribution in [0.4, 0.5) is 0 Å². The second kappa shape index (κ2) is 2.66. The van der Waals surface area contributed by atoms with Gasteiger partial charge in [0.1, 0.15) is 0 Å². The van der Waals surface area contributed by atoms with Crippen molar-refractivity contribution >= 4 is 0 Å². The molecule has 3 nitrogen and oxygen atoms in total. The summed E-state index contributed by atoms with van der Waals surface area (Å²) < 4.78 is 0. The van der Waals surface area contributed by atoms with Gasteiger partial charge in [-0.1, -0.05) is 6.58 Å². The Morgan fingerprint density at radius 2 is 2.00 bits per heavy atom. The van der Waals surface area contributed by atoms with Crippen molar-refractivity contribution in [1.82, 2.24) is 15.5 Å². The standard InChI is InChI=1S/C9H17N3/c1-6(10-2)11-9-7-4-12(3)5-8(7)9/h7-11H,1,4-5H2,2-3H3/t7-,8+,9+. The molecule has 3 atom stereocenters. The van der Waals surface area contributed by atoms with Crippen LogP contribution in [0.1, 0.15) is 0 Å². The van der Waals surface area contributed by atoms with Crippen molar-refractivity contribution in [2.24, 2.45) is 11.8 Å². The summed E-state index contributed by atoms with van der Waals surface area (Å²) in [5.74, 6) is 2.71. The Morgan fingerprint density at radius 1 is 1.42 bits per heavy atom. The highest BCUT2D eigenvalue weighted by molar-refractivity contribution is 5.12. The monoisotopic (exact) mass is 167 g/mol. The lowest BCUT2D eigenvalue weighted by Gasteiger charge is -2.15.